The molecule has 3 aromatic rings. The maximum Gasteiger partial charge on any atom is 0.198 e. The first-order valence-electron chi connectivity index (χ1n) is 8.03. The molecule has 126 valence electrons. The molecule has 0 aliphatic heterocycles. The number of hydrogen-bond donors (Lipinski definition) is 1. The van der Waals surface area contributed by atoms with E-state index in [2.05, 4.69) is 32.3 Å². The molecule has 3 aromatic heterocycles. The van der Waals surface area contributed by atoms with E-state index in [0.717, 1.165) is 41.9 Å². The van der Waals surface area contributed by atoms with Crippen LogP contribution in [0, 0.1) is 0 Å². The molecule has 0 radical (unpaired) electrons. The zero-order valence-electron chi connectivity index (χ0n) is 13.8. The van der Waals surface area contributed by atoms with E-state index >= 15 is 0 Å². The number of rotatable bonds is 6. The minimum Gasteiger partial charge on any atom is -0.453 e. The van der Waals surface area contributed by atoms with Crippen molar-refractivity contribution >= 4 is 11.8 Å². The average molecular weight is 344 g/mol. The zero-order chi connectivity index (χ0) is 16.5. The highest BCUT2D eigenvalue weighted by Crippen LogP contribution is 2.28. The van der Waals surface area contributed by atoms with Gasteiger partial charge in [0.15, 0.2) is 10.2 Å². The van der Waals surface area contributed by atoms with Crippen LogP contribution in [0.25, 0.3) is 0 Å². The van der Waals surface area contributed by atoms with Gasteiger partial charge in [0.25, 0.3) is 0 Å². The van der Waals surface area contributed by atoms with Gasteiger partial charge in [-0.2, -0.15) is 5.10 Å². The highest BCUT2D eigenvalue weighted by Gasteiger charge is 2.19. The molecule has 1 aliphatic carbocycles. The van der Waals surface area contributed by atoms with Crippen LogP contribution in [-0.2, 0) is 33.0 Å². The molecule has 0 atom stereocenters. The van der Waals surface area contributed by atoms with Crippen LogP contribution in [0.15, 0.2) is 33.1 Å². The summed E-state index contributed by atoms with van der Waals surface area (Å²) in [5.41, 5.74) is 3.91. The van der Waals surface area contributed by atoms with Crippen molar-refractivity contribution in [3.05, 3.63) is 41.2 Å². The third kappa shape index (κ3) is 3.11. The molecule has 0 unspecified atom stereocenters. The van der Waals surface area contributed by atoms with Gasteiger partial charge >= 0.3 is 0 Å². The van der Waals surface area contributed by atoms with Gasteiger partial charge in [-0.15, -0.1) is 10.2 Å². The van der Waals surface area contributed by atoms with Crippen LogP contribution in [0.5, 0.6) is 0 Å². The molecule has 8 heteroatoms. The maximum absolute atomic E-state index is 5.91. The summed E-state index contributed by atoms with van der Waals surface area (Å²) in [5, 5.41) is 17.2. The van der Waals surface area contributed by atoms with Gasteiger partial charge in [0.2, 0.25) is 0 Å². The van der Waals surface area contributed by atoms with Crippen molar-refractivity contribution in [2.75, 3.05) is 7.05 Å². The molecule has 24 heavy (non-hydrogen) atoms. The van der Waals surface area contributed by atoms with Gasteiger partial charge in [0, 0.05) is 19.3 Å². The number of nitrogens with zero attached hydrogens (tertiary/aromatic N) is 5. The van der Waals surface area contributed by atoms with Crippen molar-refractivity contribution in [3.8, 4) is 0 Å². The van der Waals surface area contributed by atoms with Crippen LogP contribution < -0.4 is 0 Å². The van der Waals surface area contributed by atoms with E-state index in [0.29, 0.717) is 0 Å². The summed E-state index contributed by atoms with van der Waals surface area (Å²) in [6, 6.07) is 4.00. The number of aromatic nitrogens is 5. The van der Waals surface area contributed by atoms with Gasteiger partial charge in [-0.1, -0.05) is 0 Å². The Morgan fingerprint density at radius 1 is 1.33 bits per heavy atom. The quantitative estimate of drug-likeness (QED) is 0.740. The number of hydrogen-bond acceptors (Lipinski definition) is 6. The summed E-state index contributed by atoms with van der Waals surface area (Å²) in [6.45, 7) is 1.58. The average Bonchev–Trinajstić information content (AvgIpc) is 3.29. The Morgan fingerprint density at radius 2 is 2.25 bits per heavy atom. The lowest BCUT2D eigenvalue weighted by Gasteiger charge is -2.14. The Kier molecular flexibility index (Phi) is 4.15. The topological polar surface area (TPSA) is 75.8 Å². The van der Waals surface area contributed by atoms with E-state index in [-0.39, 0.29) is 0 Å². The summed E-state index contributed by atoms with van der Waals surface area (Å²) in [5.74, 6) is 0.939. The summed E-state index contributed by atoms with van der Waals surface area (Å²) in [4.78, 5) is 2.23. The Hall–Kier alpha value is -2.06. The van der Waals surface area contributed by atoms with E-state index in [1.165, 1.54) is 35.1 Å². The molecule has 0 amide bonds. The molecule has 0 spiro atoms. The lowest BCUT2D eigenvalue weighted by atomic mass is 10.2. The van der Waals surface area contributed by atoms with Crippen molar-refractivity contribution in [3.63, 3.8) is 0 Å². The summed E-state index contributed by atoms with van der Waals surface area (Å²) >= 11 is 1.48. The molecular weight excluding hydrogens is 324 g/mol. The molecule has 0 fully saturated rings. The Bertz CT molecular complexity index is 835. The van der Waals surface area contributed by atoms with E-state index in [1.807, 2.05) is 23.7 Å². The first-order valence-corrected chi connectivity index (χ1v) is 8.85. The van der Waals surface area contributed by atoms with Crippen LogP contribution >= 0.6 is 11.8 Å². The maximum atomic E-state index is 5.91. The van der Waals surface area contributed by atoms with Gasteiger partial charge in [-0.25, -0.2) is 0 Å². The molecule has 1 N–H and O–H groups in total. The molecule has 0 saturated carbocycles. The minimum atomic E-state index is 0.751. The second-order valence-electron chi connectivity index (χ2n) is 6.20. The lowest BCUT2D eigenvalue weighted by molar-refractivity contribution is 0.273. The number of fused-ring (bicyclic) bond motifs is 1. The van der Waals surface area contributed by atoms with Gasteiger partial charge in [0.05, 0.1) is 12.2 Å². The normalized spacial score (nSPS) is 13.8. The molecule has 3 heterocycles. The second kappa shape index (κ2) is 6.45. The van der Waals surface area contributed by atoms with Gasteiger partial charge in [0.1, 0.15) is 12.1 Å². The van der Waals surface area contributed by atoms with Gasteiger partial charge < -0.3 is 8.98 Å². The molecule has 0 bridgehead atoms. The third-order valence-electron chi connectivity index (χ3n) is 4.24. The van der Waals surface area contributed by atoms with Crippen LogP contribution in [0.4, 0.5) is 0 Å². The standard InChI is InChI=1S/C16H20N6OS/c1-21(9-14-12-4-3-5-13(12)18-19-14)8-11-6-7-15(23-11)24-16-20-17-10-22(16)2/h6-7,10H,3-5,8-9H2,1-2H3,(H,18,19). The monoisotopic (exact) mass is 344 g/mol. The van der Waals surface area contributed by atoms with E-state index in [4.69, 9.17) is 4.42 Å². The van der Waals surface area contributed by atoms with Crippen LogP contribution in [0.2, 0.25) is 0 Å². The number of furan rings is 1. The highest BCUT2D eigenvalue weighted by molar-refractivity contribution is 7.99. The van der Waals surface area contributed by atoms with Crippen molar-refractivity contribution in [2.24, 2.45) is 7.05 Å². The summed E-state index contributed by atoms with van der Waals surface area (Å²) < 4.78 is 7.78. The SMILES string of the molecule is CN(Cc1ccc(Sc2nncn2C)o1)Cc1n[nH]c2c1CCC2. The van der Waals surface area contributed by atoms with Crippen molar-refractivity contribution in [2.45, 2.75) is 42.6 Å². The first kappa shape index (κ1) is 15.5. The Labute approximate surface area is 144 Å². The van der Waals surface area contributed by atoms with Gasteiger partial charge in [-0.05, 0) is 55.8 Å². The largest absolute Gasteiger partial charge is 0.453 e. The summed E-state index contributed by atoms with van der Waals surface area (Å²) in [6.07, 6.45) is 5.20. The fourth-order valence-electron chi connectivity index (χ4n) is 3.05. The zero-order valence-corrected chi connectivity index (χ0v) is 14.6. The predicted octanol–water partition coefficient (Wildman–Crippen LogP) is 2.40. The van der Waals surface area contributed by atoms with Crippen molar-refractivity contribution in [1.29, 1.82) is 0 Å². The number of aromatic amines is 1. The molecule has 0 saturated heterocycles. The second-order valence-corrected chi connectivity index (χ2v) is 7.17. The van der Waals surface area contributed by atoms with E-state index in [1.54, 1.807) is 6.33 Å². The fraction of sp³-hybridized carbons (Fsp3) is 0.438. The van der Waals surface area contributed by atoms with Crippen molar-refractivity contribution < 1.29 is 4.42 Å². The third-order valence-corrected chi connectivity index (χ3v) is 5.21. The van der Waals surface area contributed by atoms with Crippen LogP contribution in [0.3, 0.4) is 0 Å². The molecule has 1 aliphatic rings. The molecule has 4 rings (SSSR count). The molecular formula is C16H20N6OS. The van der Waals surface area contributed by atoms with Crippen LogP contribution in [-0.4, -0.2) is 36.9 Å². The van der Waals surface area contributed by atoms with E-state index < -0.39 is 0 Å². The molecule has 7 nitrogen and oxygen atoms in total. The summed E-state index contributed by atoms with van der Waals surface area (Å²) in [7, 11) is 4.01. The fourth-order valence-corrected chi connectivity index (χ4v) is 3.79. The smallest absolute Gasteiger partial charge is 0.198 e. The highest BCUT2D eigenvalue weighted by atomic mass is 32.2. The predicted molar refractivity (Wildman–Crippen MR) is 89.6 cm³/mol. The van der Waals surface area contributed by atoms with Gasteiger partial charge in [-0.3, -0.25) is 10.00 Å². The lowest BCUT2D eigenvalue weighted by Crippen LogP contribution is -2.17. The minimum absolute atomic E-state index is 0.751. The van der Waals surface area contributed by atoms with Crippen molar-refractivity contribution in [1.82, 2.24) is 29.9 Å². The van der Waals surface area contributed by atoms with Crippen LogP contribution in [0.1, 0.15) is 29.1 Å². The molecule has 0 aromatic carbocycles. The number of H-pyrrole nitrogens is 1. The number of nitrogens with one attached hydrogen (secondary N) is 1. The Balaban J connectivity index is 1.37. The number of aryl methyl sites for hydroxylation is 2. The van der Waals surface area contributed by atoms with E-state index in [9.17, 15) is 0 Å². The first-order chi connectivity index (χ1) is 11.7. The Morgan fingerprint density at radius 3 is 3.08 bits per heavy atom.